The molecule has 1 fully saturated rings. The fourth-order valence-electron chi connectivity index (χ4n) is 2.42. The molecule has 18 heavy (non-hydrogen) atoms. The van der Waals surface area contributed by atoms with Crippen molar-refractivity contribution >= 4 is 5.82 Å². The summed E-state index contributed by atoms with van der Waals surface area (Å²) < 4.78 is 0. The standard InChI is InChI=1S/C15H25N3/c1-12(2)14-4-7-16-15(10-14)17-11-13-5-8-18(3)9-6-13/h4,7,10,12-13H,5-6,8-9,11H2,1-3H3,(H,16,17). The predicted octanol–water partition coefficient (Wildman–Crippen LogP) is 2.96. The van der Waals surface area contributed by atoms with E-state index in [0.717, 1.165) is 18.3 Å². The van der Waals surface area contributed by atoms with E-state index in [0.29, 0.717) is 5.92 Å². The highest BCUT2D eigenvalue weighted by Gasteiger charge is 2.16. The van der Waals surface area contributed by atoms with Crippen LogP contribution >= 0.6 is 0 Å². The van der Waals surface area contributed by atoms with Gasteiger partial charge < -0.3 is 10.2 Å². The largest absolute Gasteiger partial charge is 0.370 e. The van der Waals surface area contributed by atoms with Crippen molar-refractivity contribution in [3.05, 3.63) is 23.9 Å². The van der Waals surface area contributed by atoms with Gasteiger partial charge in [0.25, 0.3) is 0 Å². The van der Waals surface area contributed by atoms with Crippen LogP contribution in [0.25, 0.3) is 0 Å². The Hall–Kier alpha value is -1.09. The molecule has 1 N–H and O–H groups in total. The van der Waals surface area contributed by atoms with Crippen molar-refractivity contribution in [3.63, 3.8) is 0 Å². The Balaban J connectivity index is 1.84. The number of hydrogen-bond donors (Lipinski definition) is 1. The third-order valence-electron chi connectivity index (χ3n) is 3.86. The first-order chi connectivity index (χ1) is 8.65. The highest BCUT2D eigenvalue weighted by Crippen LogP contribution is 2.19. The molecule has 1 aliphatic rings. The van der Waals surface area contributed by atoms with Crippen LogP contribution < -0.4 is 5.32 Å². The highest BCUT2D eigenvalue weighted by atomic mass is 15.1. The molecule has 100 valence electrons. The minimum Gasteiger partial charge on any atom is -0.370 e. The second kappa shape index (κ2) is 6.19. The van der Waals surface area contributed by atoms with E-state index in [4.69, 9.17) is 0 Å². The van der Waals surface area contributed by atoms with Crippen molar-refractivity contribution in [1.82, 2.24) is 9.88 Å². The zero-order chi connectivity index (χ0) is 13.0. The molecule has 0 atom stereocenters. The van der Waals surface area contributed by atoms with E-state index in [9.17, 15) is 0 Å². The van der Waals surface area contributed by atoms with Gasteiger partial charge in [-0.25, -0.2) is 4.98 Å². The number of likely N-dealkylation sites (tertiary alicyclic amines) is 1. The Morgan fingerprint density at radius 2 is 2.11 bits per heavy atom. The molecule has 3 heteroatoms. The highest BCUT2D eigenvalue weighted by molar-refractivity contribution is 5.38. The Morgan fingerprint density at radius 1 is 1.39 bits per heavy atom. The second-order valence-corrected chi connectivity index (χ2v) is 5.76. The van der Waals surface area contributed by atoms with E-state index >= 15 is 0 Å². The average Bonchev–Trinajstić information content (AvgIpc) is 2.38. The molecule has 0 aliphatic carbocycles. The first kappa shape index (κ1) is 13.3. The van der Waals surface area contributed by atoms with Crippen molar-refractivity contribution in [2.45, 2.75) is 32.6 Å². The van der Waals surface area contributed by atoms with Gasteiger partial charge in [-0.1, -0.05) is 13.8 Å². The van der Waals surface area contributed by atoms with Crippen LogP contribution in [0.15, 0.2) is 18.3 Å². The first-order valence-corrected chi connectivity index (χ1v) is 7.03. The third kappa shape index (κ3) is 3.70. The molecule has 0 bridgehead atoms. The van der Waals surface area contributed by atoms with Crippen LogP contribution in [0.3, 0.4) is 0 Å². The van der Waals surface area contributed by atoms with Crippen molar-refractivity contribution in [3.8, 4) is 0 Å². The van der Waals surface area contributed by atoms with Gasteiger partial charge in [0, 0.05) is 12.7 Å². The molecule has 1 saturated heterocycles. The first-order valence-electron chi connectivity index (χ1n) is 7.03. The van der Waals surface area contributed by atoms with Crippen LogP contribution in [0.1, 0.15) is 38.2 Å². The number of piperidine rings is 1. The summed E-state index contributed by atoms with van der Waals surface area (Å²) in [6, 6.07) is 4.28. The smallest absolute Gasteiger partial charge is 0.126 e. The molecule has 1 aromatic rings. The summed E-state index contributed by atoms with van der Waals surface area (Å²) in [6.45, 7) is 7.95. The maximum atomic E-state index is 4.40. The molecule has 0 saturated carbocycles. The van der Waals surface area contributed by atoms with E-state index < -0.39 is 0 Å². The molecule has 0 spiro atoms. The maximum Gasteiger partial charge on any atom is 0.126 e. The van der Waals surface area contributed by atoms with Gasteiger partial charge in [-0.2, -0.15) is 0 Å². The Morgan fingerprint density at radius 3 is 2.78 bits per heavy atom. The van der Waals surface area contributed by atoms with E-state index in [2.05, 4.69) is 48.2 Å². The zero-order valence-corrected chi connectivity index (χ0v) is 11.8. The lowest BCUT2D eigenvalue weighted by Gasteiger charge is -2.29. The summed E-state index contributed by atoms with van der Waals surface area (Å²) in [6.07, 6.45) is 4.51. The molecule has 0 radical (unpaired) electrons. The van der Waals surface area contributed by atoms with Crippen LogP contribution in [0.4, 0.5) is 5.82 Å². The van der Waals surface area contributed by atoms with Gasteiger partial charge in [-0.05, 0) is 62.5 Å². The van der Waals surface area contributed by atoms with Gasteiger partial charge in [-0.15, -0.1) is 0 Å². The number of aromatic nitrogens is 1. The molecule has 3 nitrogen and oxygen atoms in total. The van der Waals surface area contributed by atoms with Crippen LogP contribution in [0.5, 0.6) is 0 Å². The lowest BCUT2D eigenvalue weighted by molar-refractivity contribution is 0.226. The summed E-state index contributed by atoms with van der Waals surface area (Å²) in [5.74, 6) is 2.39. The number of anilines is 1. The normalized spacial score (nSPS) is 18.2. The molecular formula is C15H25N3. The van der Waals surface area contributed by atoms with Crippen LogP contribution in [0, 0.1) is 5.92 Å². The summed E-state index contributed by atoms with van der Waals surface area (Å²) in [7, 11) is 2.21. The molecule has 0 amide bonds. The average molecular weight is 247 g/mol. The fourth-order valence-corrected chi connectivity index (χ4v) is 2.42. The quantitative estimate of drug-likeness (QED) is 0.886. The Labute approximate surface area is 111 Å². The van der Waals surface area contributed by atoms with Gasteiger partial charge in [0.2, 0.25) is 0 Å². The minimum absolute atomic E-state index is 0.567. The van der Waals surface area contributed by atoms with Crippen LogP contribution in [-0.4, -0.2) is 36.6 Å². The summed E-state index contributed by atoms with van der Waals surface area (Å²) >= 11 is 0. The van der Waals surface area contributed by atoms with Gasteiger partial charge in [-0.3, -0.25) is 0 Å². The topological polar surface area (TPSA) is 28.2 Å². The Bertz CT molecular complexity index is 368. The van der Waals surface area contributed by atoms with Gasteiger partial charge in [0.05, 0.1) is 0 Å². The SMILES string of the molecule is CC(C)c1ccnc(NCC2CCN(C)CC2)c1. The molecule has 1 aromatic heterocycles. The molecule has 2 heterocycles. The minimum atomic E-state index is 0.567. The second-order valence-electron chi connectivity index (χ2n) is 5.76. The molecule has 0 unspecified atom stereocenters. The molecule has 0 aromatic carbocycles. The van der Waals surface area contributed by atoms with Gasteiger partial charge in [0.15, 0.2) is 0 Å². The van der Waals surface area contributed by atoms with Crippen molar-refractivity contribution in [2.75, 3.05) is 32.0 Å². The Kier molecular flexibility index (Phi) is 4.59. The number of nitrogens with one attached hydrogen (secondary N) is 1. The number of pyridine rings is 1. The molecule has 2 rings (SSSR count). The van der Waals surface area contributed by atoms with Crippen molar-refractivity contribution in [2.24, 2.45) is 5.92 Å². The van der Waals surface area contributed by atoms with Gasteiger partial charge >= 0.3 is 0 Å². The monoisotopic (exact) mass is 247 g/mol. The van der Waals surface area contributed by atoms with E-state index in [1.54, 1.807) is 0 Å². The van der Waals surface area contributed by atoms with E-state index in [1.807, 2.05) is 6.20 Å². The zero-order valence-electron chi connectivity index (χ0n) is 11.8. The lowest BCUT2D eigenvalue weighted by atomic mass is 9.97. The maximum absolute atomic E-state index is 4.40. The number of rotatable bonds is 4. The van der Waals surface area contributed by atoms with Crippen molar-refractivity contribution in [1.29, 1.82) is 0 Å². The fraction of sp³-hybridized carbons (Fsp3) is 0.667. The lowest BCUT2D eigenvalue weighted by Crippen LogP contribution is -2.33. The van der Waals surface area contributed by atoms with Crippen LogP contribution in [-0.2, 0) is 0 Å². The summed E-state index contributed by atoms with van der Waals surface area (Å²) in [4.78, 5) is 6.81. The van der Waals surface area contributed by atoms with Gasteiger partial charge in [0.1, 0.15) is 5.82 Å². The van der Waals surface area contributed by atoms with E-state index in [1.165, 1.54) is 31.5 Å². The third-order valence-corrected chi connectivity index (χ3v) is 3.86. The summed E-state index contributed by atoms with van der Waals surface area (Å²) in [5, 5.41) is 3.49. The molecule has 1 aliphatic heterocycles. The predicted molar refractivity (Wildman–Crippen MR) is 77.0 cm³/mol. The molecular weight excluding hydrogens is 222 g/mol. The van der Waals surface area contributed by atoms with Crippen molar-refractivity contribution < 1.29 is 0 Å². The number of hydrogen-bond acceptors (Lipinski definition) is 3. The van der Waals surface area contributed by atoms with Crippen LogP contribution in [0.2, 0.25) is 0 Å². The summed E-state index contributed by atoms with van der Waals surface area (Å²) in [5.41, 5.74) is 1.36. The number of nitrogens with zero attached hydrogens (tertiary/aromatic N) is 2. The van der Waals surface area contributed by atoms with E-state index in [-0.39, 0.29) is 0 Å².